The van der Waals surface area contributed by atoms with Crippen molar-refractivity contribution in [3.8, 4) is 23.0 Å². The van der Waals surface area contributed by atoms with Gasteiger partial charge in [0.15, 0.2) is 0 Å². The molecular formula is C20H24O8. The maximum absolute atomic E-state index is 10.5. The van der Waals surface area contributed by atoms with E-state index < -0.39 is 11.9 Å². The third-order valence-corrected chi connectivity index (χ3v) is 3.67. The van der Waals surface area contributed by atoms with Crippen LogP contribution in [0, 0.1) is 0 Å². The molecule has 0 spiro atoms. The first-order valence-corrected chi connectivity index (χ1v) is 8.20. The number of carboxylic acid groups (broad SMARTS) is 2. The second-order valence-electron chi connectivity index (χ2n) is 5.50. The molecule has 0 radical (unpaired) electrons. The summed E-state index contributed by atoms with van der Waals surface area (Å²) in [5.41, 5.74) is 1.28. The van der Waals surface area contributed by atoms with Gasteiger partial charge in [-0.15, -0.1) is 0 Å². The van der Waals surface area contributed by atoms with E-state index >= 15 is 0 Å². The summed E-state index contributed by atoms with van der Waals surface area (Å²) in [7, 11) is 6.09. The average molecular weight is 392 g/mol. The first-order valence-electron chi connectivity index (χ1n) is 8.20. The Hall–Kier alpha value is -3.42. The third-order valence-electron chi connectivity index (χ3n) is 3.67. The second kappa shape index (κ2) is 11.3. The Kier molecular flexibility index (Phi) is 9.15. The lowest BCUT2D eigenvalue weighted by Crippen LogP contribution is -2.02. The molecule has 8 nitrogen and oxygen atoms in total. The van der Waals surface area contributed by atoms with Gasteiger partial charge in [0.2, 0.25) is 0 Å². The number of hydrogen-bond donors (Lipinski definition) is 2. The lowest BCUT2D eigenvalue weighted by atomic mass is 10.1. The van der Waals surface area contributed by atoms with Gasteiger partial charge >= 0.3 is 11.9 Å². The fourth-order valence-corrected chi connectivity index (χ4v) is 2.32. The standard InChI is InChI=1S/2C10H12O4/c2*1-13-8-4-3-7(5-10(11)12)9(6-8)14-2/h2*3-4,6H,5H2,1-2H3,(H,11,12). The molecule has 8 heteroatoms. The van der Waals surface area contributed by atoms with Crippen LogP contribution in [0.3, 0.4) is 0 Å². The van der Waals surface area contributed by atoms with Crippen LogP contribution in [-0.2, 0) is 22.4 Å². The number of methoxy groups -OCH3 is 4. The molecule has 28 heavy (non-hydrogen) atoms. The minimum absolute atomic E-state index is 0.0484. The van der Waals surface area contributed by atoms with Crippen LogP contribution in [0.5, 0.6) is 23.0 Å². The zero-order valence-electron chi connectivity index (χ0n) is 16.2. The molecule has 2 rings (SSSR count). The number of hydrogen-bond acceptors (Lipinski definition) is 6. The Balaban J connectivity index is 0.000000280. The minimum Gasteiger partial charge on any atom is -0.497 e. The summed E-state index contributed by atoms with van der Waals surface area (Å²) in [5, 5.41) is 17.3. The van der Waals surface area contributed by atoms with Crippen molar-refractivity contribution in [2.24, 2.45) is 0 Å². The minimum atomic E-state index is -0.881. The molecule has 0 aliphatic heterocycles. The molecule has 0 saturated carbocycles. The van der Waals surface area contributed by atoms with E-state index in [4.69, 9.17) is 29.2 Å². The van der Waals surface area contributed by atoms with Gasteiger partial charge in [0.05, 0.1) is 41.3 Å². The van der Waals surface area contributed by atoms with Crippen LogP contribution in [0.4, 0.5) is 0 Å². The molecule has 0 fully saturated rings. The summed E-state index contributed by atoms with van der Waals surface area (Å²) in [6.07, 6.45) is -0.0969. The maximum atomic E-state index is 10.5. The van der Waals surface area contributed by atoms with Crippen LogP contribution in [0.1, 0.15) is 11.1 Å². The highest BCUT2D eigenvalue weighted by Crippen LogP contribution is 2.25. The van der Waals surface area contributed by atoms with Gasteiger partial charge in [-0.05, 0) is 12.1 Å². The van der Waals surface area contributed by atoms with Gasteiger partial charge in [-0.3, -0.25) is 9.59 Å². The number of rotatable bonds is 8. The van der Waals surface area contributed by atoms with E-state index in [2.05, 4.69) is 0 Å². The van der Waals surface area contributed by atoms with Gasteiger partial charge < -0.3 is 29.2 Å². The van der Waals surface area contributed by atoms with Crippen LogP contribution < -0.4 is 18.9 Å². The van der Waals surface area contributed by atoms with Crippen LogP contribution in [0.25, 0.3) is 0 Å². The largest absolute Gasteiger partial charge is 0.497 e. The second-order valence-corrected chi connectivity index (χ2v) is 5.50. The van der Waals surface area contributed by atoms with E-state index in [1.165, 1.54) is 14.2 Å². The van der Waals surface area contributed by atoms with E-state index in [9.17, 15) is 9.59 Å². The van der Waals surface area contributed by atoms with Crippen molar-refractivity contribution < 1.29 is 38.7 Å². The number of carboxylic acids is 2. The lowest BCUT2D eigenvalue weighted by Gasteiger charge is -2.08. The predicted molar refractivity (Wildman–Crippen MR) is 102 cm³/mol. The average Bonchev–Trinajstić information content (AvgIpc) is 2.68. The molecule has 0 aromatic heterocycles. The summed E-state index contributed by atoms with van der Waals surface area (Å²) in [6.45, 7) is 0. The summed E-state index contributed by atoms with van der Waals surface area (Å²) in [4.78, 5) is 21.0. The van der Waals surface area contributed by atoms with Crippen molar-refractivity contribution in [3.05, 3.63) is 47.5 Å². The summed E-state index contributed by atoms with van der Waals surface area (Å²) in [6, 6.07) is 10.1. The molecule has 0 atom stereocenters. The number of carbonyl (C=O) groups is 2. The highest BCUT2D eigenvalue weighted by molar-refractivity contribution is 5.72. The molecule has 0 amide bonds. The maximum Gasteiger partial charge on any atom is 0.307 e. The zero-order valence-corrected chi connectivity index (χ0v) is 16.2. The van der Waals surface area contributed by atoms with Crippen LogP contribution >= 0.6 is 0 Å². The Bertz CT molecular complexity index is 733. The molecule has 2 N–H and O–H groups in total. The van der Waals surface area contributed by atoms with Crippen molar-refractivity contribution in [1.29, 1.82) is 0 Å². The third kappa shape index (κ3) is 7.06. The van der Waals surface area contributed by atoms with Crippen molar-refractivity contribution in [2.75, 3.05) is 28.4 Å². The summed E-state index contributed by atoms with van der Waals surface area (Å²) in [5.74, 6) is 0.604. The number of aliphatic carboxylic acids is 2. The topological polar surface area (TPSA) is 112 Å². The SMILES string of the molecule is COc1ccc(CC(=O)O)c(OC)c1.COc1ccc(CC(=O)O)c(OC)c1. The highest BCUT2D eigenvalue weighted by atomic mass is 16.5. The Morgan fingerprint density at radius 3 is 1.29 bits per heavy atom. The molecule has 0 saturated heterocycles. The highest BCUT2D eigenvalue weighted by Gasteiger charge is 2.09. The normalized spacial score (nSPS) is 9.57. The molecule has 0 bridgehead atoms. The van der Waals surface area contributed by atoms with E-state index in [-0.39, 0.29) is 12.8 Å². The molecular weight excluding hydrogens is 368 g/mol. The van der Waals surface area contributed by atoms with Crippen LogP contribution in [0.2, 0.25) is 0 Å². The van der Waals surface area contributed by atoms with Crippen molar-refractivity contribution >= 4 is 11.9 Å². The van der Waals surface area contributed by atoms with E-state index in [0.717, 1.165) is 0 Å². The van der Waals surface area contributed by atoms with E-state index in [1.807, 2.05) is 0 Å². The van der Waals surface area contributed by atoms with E-state index in [0.29, 0.717) is 34.1 Å². The van der Waals surface area contributed by atoms with Gasteiger partial charge in [-0.25, -0.2) is 0 Å². The number of ether oxygens (including phenoxy) is 4. The van der Waals surface area contributed by atoms with Crippen molar-refractivity contribution in [3.63, 3.8) is 0 Å². The Morgan fingerprint density at radius 1 is 0.679 bits per heavy atom. The first kappa shape index (κ1) is 22.6. The summed E-state index contributed by atoms with van der Waals surface area (Å²) >= 11 is 0. The molecule has 0 heterocycles. The zero-order chi connectivity index (χ0) is 21.1. The van der Waals surface area contributed by atoms with Gasteiger partial charge in [0.1, 0.15) is 23.0 Å². The molecule has 152 valence electrons. The van der Waals surface area contributed by atoms with E-state index in [1.54, 1.807) is 50.6 Å². The predicted octanol–water partition coefficient (Wildman–Crippen LogP) is 2.66. The van der Waals surface area contributed by atoms with Crippen molar-refractivity contribution in [2.45, 2.75) is 12.8 Å². The van der Waals surface area contributed by atoms with Crippen LogP contribution in [0.15, 0.2) is 36.4 Å². The molecule has 0 aliphatic carbocycles. The quantitative estimate of drug-likeness (QED) is 0.705. The van der Waals surface area contributed by atoms with Crippen molar-refractivity contribution in [1.82, 2.24) is 0 Å². The van der Waals surface area contributed by atoms with Gasteiger partial charge in [-0.2, -0.15) is 0 Å². The van der Waals surface area contributed by atoms with Gasteiger partial charge in [-0.1, -0.05) is 12.1 Å². The van der Waals surface area contributed by atoms with Gasteiger partial charge in [0.25, 0.3) is 0 Å². The van der Waals surface area contributed by atoms with Crippen LogP contribution in [-0.4, -0.2) is 50.6 Å². The summed E-state index contributed by atoms with van der Waals surface area (Å²) < 4.78 is 20.1. The Labute approximate surface area is 163 Å². The Morgan fingerprint density at radius 2 is 1.04 bits per heavy atom. The monoisotopic (exact) mass is 392 g/mol. The molecule has 2 aromatic rings. The molecule has 0 aliphatic rings. The molecule has 0 unspecified atom stereocenters. The number of benzene rings is 2. The fourth-order valence-electron chi connectivity index (χ4n) is 2.32. The van der Waals surface area contributed by atoms with Gasteiger partial charge in [0, 0.05) is 23.3 Å². The first-order chi connectivity index (χ1) is 13.3. The smallest absolute Gasteiger partial charge is 0.307 e. The fraction of sp³-hybridized carbons (Fsp3) is 0.300. The lowest BCUT2D eigenvalue weighted by molar-refractivity contribution is -0.137. The molecule has 2 aromatic carbocycles.